The van der Waals surface area contributed by atoms with E-state index >= 15 is 0 Å². The molecule has 9 heteroatoms. The van der Waals surface area contributed by atoms with Crippen LogP contribution in [0.25, 0.3) is 0 Å². The van der Waals surface area contributed by atoms with E-state index in [-0.39, 0.29) is 31.5 Å². The summed E-state index contributed by atoms with van der Waals surface area (Å²) >= 11 is 0. The lowest BCUT2D eigenvalue weighted by Gasteiger charge is -2.36. The third-order valence-corrected chi connectivity index (χ3v) is 5.83. The molecule has 2 aliphatic rings. The number of carbonyl (C=O) groups excluding carboxylic acids is 1. The molecule has 0 aliphatic heterocycles. The first-order chi connectivity index (χ1) is 10.8. The van der Waals surface area contributed by atoms with Crippen LogP contribution in [0.5, 0.6) is 0 Å². The van der Waals surface area contributed by atoms with Crippen LogP contribution in [0.1, 0.15) is 44.9 Å². The highest BCUT2D eigenvalue weighted by Gasteiger charge is 2.40. The van der Waals surface area contributed by atoms with Gasteiger partial charge in [0.15, 0.2) is 0 Å². The quantitative estimate of drug-likeness (QED) is 0.536. The minimum atomic E-state index is -4.30. The number of carboxylic acids is 1. The molecule has 2 N–H and O–H groups in total. The zero-order chi connectivity index (χ0) is 17.0. The minimum Gasteiger partial charge on any atom is -0.481 e. The van der Waals surface area contributed by atoms with Crippen LogP contribution in [-0.4, -0.2) is 54.1 Å². The largest absolute Gasteiger partial charge is 0.481 e. The van der Waals surface area contributed by atoms with E-state index in [2.05, 4.69) is 0 Å². The van der Waals surface area contributed by atoms with Crippen molar-refractivity contribution >= 4 is 22.6 Å². The molecule has 0 bridgehead atoms. The molecular formula is C14H22O8S. The lowest BCUT2D eigenvalue weighted by Crippen LogP contribution is -2.41. The summed E-state index contributed by atoms with van der Waals surface area (Å²) < 4.78 is 42.8. The Morgan fingerprint density at radius 2 is 1.74 bits per heavy atom. The lowest BCUT2D eigenvalue weighted by molar-refractivity contribution is -0.148. The Hall–Kier alpha value is -1.19. The van der Waals surface area contributed by atoms with E-state index in [4.69, 9.17) is 14.6 Å². The van der Waals surface area contributed by atoms with Gasteiger partial charge in [0, 0.05) is 6.42 Å². The van der Waals surface area contributed by atoms with Crippen LogP contribution in [0, 0.1) is 5.92 Å². The summed E-state index contributed by atoms with van der Waals surface area (Å²) in [5.74, 6) is -1.94. The number of aliphatic carboxylic acids is 1. The van der Waals surface area contributed by atoms with E-state index < -0.39 is 33.4 Å². The van der Waals surface area contributed by atoms with E-state index in [1.54, 1.807) is 0 Å². The van der Waals surface area contributed by atoms with Crippen LogP contribution in [0.4, 0.5) is 0 Å². The van der Waals surface area contributed by atoms with Crippen LogP contribution in [0.2, 0.25) is 0 Å². The maximum atomic E-state index is 11.4. The summed E-state index contributed by atoms with van der Waals surface area (Å²) in [5.41, 5.74) is 0. The maximum Gasteiger partial charge on any atom is 0.306 e. The number of carboxylic acid groups (broad SMARTS) is 1. The predicted octanol–water partition coefficient (Wildman–Crippen LogP) is 0.997. The Balaban J connectivity index is 1.99. The van der Waals surface area contributed by atoms with Crippen molar-refractivity contribution in [1.29, 1.82) is 0 Å². The van der Waals surface area contributed by atoms with Crippen molar-refractivity contribution in [1.82, 2.24) is 0 Å². The minimum absolute atomic E-state index is 0.0817. The summed E-state index contributed by atoms with van der Waals surface area (Å²) in [4.78, 5) is 21.6. The normalized spacial score (nSPS) is 35.4. The Morgan fingerprint density at radius 3 is 2.35 bits per heavy atom. The fourth-order valence-electron chi connectivity index (χ4n) is 3.47. The van der Waals surface area contributed by atoms with E-state index in [0.29, 0.717) is 12.9 Å². The molecule has 5 atom stereocenters. The van der Waals surface area contributed by atoms with E-state index in [9.17, 15) is 22.6 Å². The van der Waals surface area contributed by atoms with Crippen LogP contribution >= 0.6 is 0 Å². The van der Waals surface area contributed by atoms with Gasteiger partial charge < -0.3 is 14.6 Å². The number of rotatable bonds is 6. The molecular weight excluding hydrogens is 328 g/mol. The summed E-state index contributed by atoms with van der Waals surface area (Å²) in [6, 6.07) is 0. The lowest BCUT2D eigenvalue weighted by atomic mass is 9.86. The highest BCUT2D eigenvalue weighted by atomic mass is 32.2. The number of ether oxygens (including phenoxy) is 2. The molecule has 0 amide bonds. The number of carbonyl (C=O) groups is 2. The van der Waals surface area contributed by atoms with Gasteiger partial charge >= 0.3 is 5.97 Å². The van der Waals surface area contributed by atoms with Crippen molar-refractivity contribution in [3.63, 3.8) is 0 Å². The van der Waals surface area contributed by atoms with Crippen molar-refractivity contribution in [2.45, 2.75) is 68.5 Å². The van der Waals surface area contributed by atoms with Gasteiger partial charge in [0.25, 0.3) is 16.6 Å². The molecule has 0 spiro atoms. The SMILES string of the molecule is O=COC1CCCC(OC2CC(C(=O)O)CC(S(=O)(=O)O)C2)C1. The van der Waals surface area contributed by atoms with Gasteiger partial charge in [-0.25, -0.2) is 0 Å². The second-order valence-electron chi connectivity index (χ2n) is 6.28. The zero-order valence-electron chi connectivity index (χ0n) is 12.7. The van der Waals surface area contributed by atoms with Crippen LogP contribution in [0.3, 0.4) is 0 Å². The molecule has 0 heterocycles. The second-order valence-corrected chi connectivity index (χ2v) is 7.98. The average molecular weight is 350 g/mol. The van der Waals surface area contributed by atoms with Crippen molar-refractivity contribution in [2.75, 3.05) is 0 Å². The van der Waals surface area contributed by atoms with Gasteiger partial charge in [-0.15, -0.1) is 0 Å². The van der Waals surface area contributed by atoms with Gasteiger partial charge in [-0.3, -0.25) is 14.1 Å². The molecule has 5 unspecified atom stereocenters. The summed E-state index contributed by atoms with van der Waals surface area (Å²) in [7, 11) is -4.30. The first kappa shape index (κ1) is 18.2. The molecule has 8 nitrogen and oxygen atoms in total. The molecule has 0 aromatic carbocycles. The topological polar surface area (TPSA) is 127 Å². The first-order valence-electron chi connectivity index (χ1n) is 7.73. The molecule has 2 aliphatic carbocycles. The maximum absolute atomic E-state index is 11.4. The predicted molar refractivity (Wildman–Crippen MR) is 78.4 cm³/mol. The standard InChI is InChI=1S/C14H22O8S/c15-8-21-10-2-1-3-11(6-10)22-12-4-9(14(16)17)5-13(7-12)23(18,19)20/h8-13H,1-7H2,(H,16,17)(H,18,19,20). The van der Waals surface area contributed by atoms with E-state index in [0.717, 1.165) is 19.3 Å². The Kier molecular flexibility index (Phi) is 5.99. The first-order valence-corrected chi connectivity index (χ1v) is 9.23. The molecule has 0 saturated heterocycles. The summed E-state index contributed by atoms with van der Waals surface area (Å²) in [6.07, 6.45) is 2.08. The van der Waals surface area contributed by atoms with Gasteiger partial charge in [-0.2, -0.15) is 8.42 Å². The highest BCUT2D eigenvalue weighted by Crippen LogP contribution is 2.33. The number of hydrogen-bond acceptors (Lipinski definition) is 6. The smallest absolute Gasteiger partial charge is 0.306 e. The van der Waals surface area contributed by atoms with Crippen molar-refractivity contribution < 1.29 is 37.1 Å². The van der Waals surface area contributed by atoms with Gasteiger partial charge in [0.2, 0.25) is 0 Å². The zero-order valence-corrected chi connectivity index (χ0v) is 13.5. The summed E-state index contributed by atoms with van der Waals surface area (Å²) in [5, 5.41) is 8.05. The molecule has 23 heavy (non-hydrogen) atoms. The Bertz CT molecular complexity index is 531. The van der Waals surface area contributed by atoms with E-state index in [1.807, 2.05) is 0 Å². The third kappa shape index (κ3) is 5.15. The molecule has 2 saturated carbocycles. The molecule has 0 aromatic heterocycles. The second kappa shape index (κ2) is 7.59. The molecule has 0 aromatic rings. The third-order valence-electron chi connectivity index (χ3n) is 4.60. The fourth-order valence-corrected chi connectivity index (χ4v) is 4.41. The molecule has 132 valence electrons. The van der Waals surface area contributed by atoms with Crippen LogP contribution in [-0.2, 0) is 29.2 Å². The van der Waals surface area contributed by atoms with E-state index in [1.165, 1.54) is 0 Å². The number of hydrogen-bond donors (Lipinski definition) is 2. The van der Waals surface area contributed by atoms with Crippen molar-refractivity contribution in [3.8, 4) is 0 Å². The Labute approximate surface area is 134 Å². The molecule has 2 rings (SSSR count). The highest BCUT2D eigenvalue weighted by molar-refractivity contribution is 7.86. The monoisotopic (exact) mass is 350 g/mol. The summed E-state index contributed by atoms with van der Waals surface area (Å²) in [6.45, 7) is 0.405. The van der Waals surface area contributed by atoms with Crippen molar-refractivity contribution in [3.05, 3.63) is 0 Å². The molecule has 0 radical (unpaired) electrons. The van der Waals surface area contributed by atoms with Crippen LogP contribution in [0.15, 0.2) is 0 Å². The molecule has 2 fully saturated rings. The van der Waals surface area contributed by atoms with Crippen LogP contribution < -0.4 is 0 Å². The fraction of sp³-hybridized carbons (Fsp3) is 0.857. The van der Waals surface area contributed by atoms with Gasteiger partial charge in [0.05, 0.1) is 23.4 Å². The Morgan fingerprint density at radius 1 is 1.04 bits per heavy atom. The van der Waals surface area contributed by atoms with Crippen molar-refractivity contribution in [2.24, 2.45) is 5.92 Å². The van der Waals surface area contributed by atoms with Gasteiger partial charge in [-0.1, -0.05) is 0 Å². The van der Waals surface area contributed by atoms with Gasteiger partial charge in [-0.05, 0) is 38.5 Å². The average Bonchev–Trinajstić information content (AvgIpc) is 2.46. The van der Waals surface area contributed by atoms with Gasteiger partial charge in [0.1, 0.15) is 6.10 Å².